The van der Waals surface area contributed by atoms with Gasteiger partial charge < -0.3 is 15.5 Å². The van der Waals surface area contributed by atoms with Gasteiger partial charge in [0.05, 0.1) is 17.6 Å². The zero-order valence-electron chi connectivity index (χ0n) is 20.6. The van der Waals surface area contributed by atoms with E-state index >= 15 is 0 Å². The number of carbonyl (C=O) groups is 1. The molecule has 2 saturated heterocycles. The smallest absolute Gasteiger partial charge is 0.366 e. The Hall–Kier alpha value is -3.32. The van der Waals surface area contributed by atoms with Crippen molar-refractivity contribution < 1.29 is 18.0 Å². The van der Waals surface area contributed by atoms with Crippen molar-refractivity contribution in [1.29, 1.82) is 0 Å². The second-order valence-electron chi connectivity index (χ2n) is 9.79. The van der Waals surface area contributed by atoms with Gasteiger partial charge in [-0.25, -0.2) is 14.6 Å². The van der Waals surface area contributed by atoms with Crippen LogP contribution in [0.4, 0.5) is 19.1 Å². The number of carbonyl (C=O) groups excluding carboxylic acids is 1. The zero-order chi connectivity index (χ0) is 26.2. The van der Waals surface area contributed by atoms with Gasteiger partial charge in [-0.15, -0.1) is 5.10 Å². The Balaban J connectivity index is 1.10. The van der Waals surface area contributed by atoms with Gasteiger partial charge in [-0.3, -0.25) is 9.69 Å². The molecule has 2 fully saturated rings. The Labute approximate surface area is 212 Å². The lowest BCUT2D eigenvalue weighted by atomic mass is 9.99. The SMILES string of the molecule is CN(CC1CCN1CCn1nnc2ccc(C(N)=O)cc21)C1CCN(c2ncc(C(F)(F)F)cn2)CC1. The van der Waals surface area contributed by atoms with Crippen molar-refractivity contribution in [1.82, 2.24) is 34.8 Å². The number of aromatic nitrogens is 5. The number of likely N-dealkylation sites (tertiary alicyclic amines) is 1. The van der Waals surface area contributed by atoms with Gasteiger partial charge in [-0.05, 0) is 44.5 Å². The van der Waals surface area contributed by atoms with Crippen LogP contribution < -0.4 is 10.6 Å². The summed E-state index contributed by atoms with van der Waals surface area (Å²) >= 11 is 0. The van der Waals surface area contributed by atoms with Crippen LogP contribution in [0.5, 0.6) is 0 Å². The standard InChI is InChI=1S/C24H30F3N9O/c1-33(18-4-8-35(9-5-18)23-29-13-17(14-30-23)24(25,26)27)15-19-6-7-34(19)10-11-36-21-12-16(22(28)37)2-3-20(21)31-32-36/h2-3,12-14,18-19H,4-11,15H2,1H3,(H2,28,37). The van der Waals surface area contributed by atoms with Crippen LogP contribution in [0, 0.1) is 0 Å². The van der Waals surface area contributed by atoms with E-state index in [2.05, 4.69) is 37.1 Å². The number of fused-ring (bicyclic) bond motifs is 1. The normalized spacial score (nSPS) is 19.5. The molecule has 13 heteroatoms. The number of nitrogens with two attached hydrogens (primary N) is 1. The third-order valence-electron chi connectivity index (χ3n) is 7.50. The fraction of sp³-hybridized carbons (Fsp3) is 0.542. The van der Waals surface area contributed by atoms with Gasteiger partial charge in [-0.2, -0.15) is 13.2 Å². The van der Waals surface area contributed by atoms with Crippen LogP contribution in [0.2, 0.25) is 0 Å². The number of nitrogens with zero attached hydrogens (tertiary/aromatic N) is 8. The molecule has 10 nitrogen and oxygen atoms in total. The summed E-state index contributed by atoms with van der Waals surface area (Å²) < 4.78 is 40.1. The van der Waals surface area contributed by atoms with Crippen molar-refractivity contribution in [2.24, 2.45) is 5.73 Å². The highest BCUT2D eigenvalue weighted by molar-refractivity contribution is 5.96. The predicted octanol–water partition coefficient (Wildman–Crippen LogP) is 2.01. The van der Waals surface area contributed by atoms with E-state index in [1.807, 2.05) is 9.58 Å². The first-order chi connectivity index (χ1) is 17.7. The van der Waals surface area contributed by atoms with Crippen molar-refractivity contribution >= 4 is 22.9 Å². The number of amides is 1. The van der Waals surface area contributed by atoms with Crippen LogP contribution >= 0.6 is 0 Å². The third-order valence-corrected chi connectivity index (χ3v) is 7.50. The quantitative estimate of drug-likeness (QED) is 0.484. The maximum absolute atomic E-state index is 12.8. The second kappa shape index (κ2) is 10.2. The van der Waals surface area contributed by atoms with Gasteiger partial charge in [0.1, 0.15) is 5.52 Å². The summed E-state index contributed by atoms with van der Waals surface area (Å²) in [6.07, 6.45) is 0.212. The van der Waals surface area contributed by atoms with Crippen molar-refractivity contribution in [2.45, 2.75) is 44.1 Å². The molecule has 0 bridgehead atoms. The maximum atomic E-state index is 12.8. The monoisotopic (exact) mass is 517 g/mol. The average Bonchev–Trinajstić information content (AvgIpc) is 3.28. The van der Waals surface area contributed by atoms with Gasteiger partial charge in [0.15, 0.2) is 0 Å². The highest BCUT2D eigenvalue weighted by Gasteiger charge is 2.33. The summed E-state index contributed by atoms with van der Waals surface area (Å²) in [5.74, 6) is -0.124. The molecule has 4 heterocycles. The minimum atomic E-state index is -4.43. The Kier molecular flexibility index (Phi) is 6.99. The molecule has 37 heavy (non-hydrogen) atoms. The lowest BCUT2D eigenvalue weighted by molar-refractivity contribution is -0.138. The highest BCUT2D eigenvalue weighted by Crippen LogP contribution is 2.29. The summed E-state index contributed by atoms with van der Waals surface area (Å²) in [5.41, 5.74) is 6.56. The summed E-state index contributed by atoms with van der Waals surface area (Å²) in [7, 11) is 2.14. The molecule has 1 aromatic carbocycles. The molecule has 5 rings (SSSR count). The molecule has 2 aliphatic heterocycles. The molecule has 0 aliphatic carbocycles. The Morgan fingerprint density at radius 3 is 2.46 bits per heavy atom. The number of benzene rings is 1. The minimum Gasteiger partial charge on any atom is -0.366 e. The van der Waals surface area contributed by atoms with E-state index in [-0.39, 0.29) is 0 Å². The first kappa shape index (κ1) is 25.3. The fourth-order valence-corrected chi connectivity index (χ4v) is 5.12. The summed E-state index contributed by atoms with van der Waals surface area (Å²) in [4.78, 5) is 26.2. The molecular weight excluding hydrogens is 487 g/mol. The molecule has 0 radical (unpaired) electrons. The van der Waals surface area contributed by atoms with Gasteiger partial charge in [0.25, 0.3) is 0 Å². The van der Waals surface area contributed by atoms with Crippen LogP contribution in [-0.2, 0) is 12.7 Å². The number of halogens is 3. The Morgan fingerprint density at radius 1 is 1.11 bits per heavy atom. The number of primary amides is 1. The van der Waals surface area contributed by atoms with Crippen molar-refractivity contribution in [3.63, 3.8) is 0 Å². The number of likely N-dealkylation sites (N-methyl/N-ethyl adjacent to an activating group) is 1. The van der Waals surface area contributed by atoms with E-state index in [9.17, 15) is 18.0 Å². The molecule has 0 spiro atoms. The minimum absolute atomic E-state index is 0.350. The van der Waals surface area contributed by atoms with Gasteiger partial charge in [0, 0.05) is 62.8 Å². The van der Waals surface area contributed by atoms with Gasteiger partial charge in [0.2, 0.25) is 11.9 Å². The summed E-state index contributed by atoms with van der Waals surface area (Å²) in [6.45, 7) is 4.90. The maximum Gasteiger partial charge on any atom is 0.419 e. The highest BCUT2D eigenvalue weighted by atomic mass is 19.4. The molecule has 2 aliphatic rings. The van der Waals surface area contributed by atoms with Crippen molar-refractivity contribution in [3.05, 3.63) is 41.7 Å². The Bertz CT molecular complexity index is 1240. The van der Waals surface area contributed by atoms with Crippen LogP contribution in [0.3, 0.4) is 0 Å². The van der Waals surface area contributed by atoms with Crippen LogP contribution in [-0.4, -0.2) is 92.5 Å². The lowest BCUT2D eigenvalue weighted by Crippen LogP contribution is -2.56. The molecule has 3 aromatic rings. The third kappa shape index (κ3) is 5.52. The zero-order valence-corrected chi connectivity index (χ0v) is 20.6. The average molecular weight is 518 g/mol. The van der Waals surface area contributed by atoms with Gasteiger partial charge in [-0.1, -0.05) is 5.21 Å². The van der Waals surface area contributed by atoms with E-state index < -0.39 is 17.6 Å². The van der Waals surface area contributed by atoms with Crippen LogP contribution in [0.15, 0.2) is 30.6 Å². The van der Waals surface area contributed by atoms with E-state index in [4.69, 9.17) is 5.73 Å². The first-order valence-electron chi connectivity index (χ1n) is 12.4. The number of hydrogen-bond acceptors (Lipinski definition) is 8. The fourth-order valence-electron chi connectivity index (χ4n) is 5.12. The van der Waals surface area contributed by atoms with Gasteiger partial charge >= 0.3 is 6.18 Å². The molecule has 1 amide bonds. The number of rotatable bonds is 8. The molecular formula is C24H30F3N9O. The summed E-state index contributed by atoms with van der Waals surface area (Å²) in [5, 5.41) is 8.42. The first-order valence-corrected chi connectivity index (χ1v) is 12.4. The molecule has 0 saturated carbocycles. The lowest BCUT2D eigenvalue weighted by Gasteiger charge is -2.45. The van der Waals surface area contributed by atoms with Crippen LogP contribution in [0.1, 0.15) is 35.2 Å². The number of hydrogen-bond donors (Lipinski definition) is 1. The molecule has 1 atom stereocenters. The second-order valence-corrected chi connectivity index (χ2v) is 9.79. The summed E-state index contributed by atoms with van der Waals surface area (Å²) in [6, 6.07) is 6.01. The molecule has 1 unspecified atom stereocenters. The molecule has 2 aromatic heterocycles. The van der Waals surface area contributed by atoms with Crippen molar-refractivity contribution in [3.8, 4) is 0 Å². The largest absolute Gasteiger partial charge is 0.419 e. The van der Waals surface area contributed by atoms with Crippen molar-refractivity contribution in [2.75, 3.05) is 44.7 Å². The number of alkyl halides is 3. The van der Waals surface area contributed by atoms with E-state index in [0.29, 0.717) is 43.2 Å². The molecule has 198 valence electrons. The van der Waals surface area contributed by atoms with E-state index in [1.165, 1.54) is 0 Å². The number of anilines is 1. The van der Waals surface area contributed by atoms with E-state index in [1.54, 1.807) is 18.2 Å². The number of piperidine rings is 1. The predicted molar refractivity (Wildman–Crippen MR) is 131 cm³/mol. The van der Waals surface area contributed by atoms with E-state index in [0.717, 1.165) is 62.3 Å². The topological polar surface area (TPSA) is 109 Å². The Morgan fingerprint density at radius 2 is 1.84 bits per heavy atom. The van der Waals surface area contributed by atoms with Crippen LogP contribution in [0.25, 0.3) is 11.0 Å². The molecule has 2 N–H and O–H groups in total.